The van der Waals surface area contributed by atoms with Crippen LogP contribution in [-0.2, 0) is 22.3 Å². The lowest BCUT2D eigenvalue weighted by atomic mass is 9.82. The topological polar surface area (TPSA) is 58.9 Å². The van der Waals surface area contributed by atoms with Gasteiger partial charge in [0, 0.05) is 13.2 Å². The van der Waals surface area contributed by atoms with E-state index in [1.807, 2.05) is 0 Å². The van der Waals surface area contributed by atoms with Gasteiger partial charge in [-0.1, -0.05) is 149 Å². The molecule has 46 heavy (non-hydrogen) atoms. The SMILES string of the molecule is CC(C)(C)CC(O)C(O)CC(C)(C)C.CC(C)(C)CCOCCOCCC(C)(C)C.CC(C)(C)Cc1ccc(CC(C)(C)C)cc1. The predicted molar refractivity (Wildman–Crippen MR) is 203 cm³/mol. The molecule has 1 rings (SSSR count). The Morgan fingerprint density at radius 2 is 0.674 bits per heavy atom. The molecule has 4 nitrogen and oxygen atoms in total. The Bertz CT molecular complexity index is 800. The molecule has 0 radical (unpaired) electrons. The molecule has 0 saturated carbocycles. The summed E-state index contributed by atoms with van der Waals surface area (Å²) in [5.41, 5.74) is 4.53. The maximum Gasteiger partial charge on any atom is 0.0804 e. The average Bonchev–Trinajstić information content (AvgIpc) is 2.77. The van der Waals surface area contributed by atoms with E-state index in [0.29, 0.717) is 34.5 Å². The van der Waals surface area contributed by atoms with Gasteiger partial charge in [-0.05, 0) is 82.1 Å². The van der Waals surface area contributed by atoms with E-state index in [-0.39, 0.29) is 10.8 Å². The molecule has 1 aromatic rings. The minimum absolute atomic E-state index is 0.0677. The van der Waals surface area contributed by atoms with Crippen molar-refractivity contribution in [2.24, 2.45) is 32.5 Å². The highest BCUT2D eigenvalue weighted by Gasteiger charge is 2.26. The Morgan fingerprint density at radius 1 is 0.413 bits per heavy atom. The molecule has 0 aliphatic rings. The van der Waals surface area contributed by atoms with E-state index in [1.54, 1.807) is 0 Å². The van der Waals surface area contributed by atoms with Crippen LogP contribution in [0.15, 0.2) is 24.3 Å². The van der Waals surface area contributed by atoms with Crippen LogP contribution in [0, 0.1) is 32.5 Å². The summed E-state index contributed by atoms with van der Waals surface area (Å²) >= 11 is 0. The molecular formula is C42H82O4. The van der Waals surface area contributed by atoms with Gasteiger partial charge in [0.25, 0.3) is 0 Å². The van der Waals surface area contributed by atoms with E-state index in [1.165, 1.54) is 11.1 Å². The number of aliphatic hydroxyl groups is 2. The summed E-state index contributed by atoms with van der Waals surface area (Å²) in [5.74, 6) is 0. The second kappa shape index (κ2) is 20.5. The molecule has 0 aromatic heterocycles. The molecule has 0 heterocycles. The van der Waals surface area contributed by atoms with Gasteiger partial charge in [0.15, 0.2) is 0 Å². The van der Waals surface area contributed by atoms with Crippen LogP contribution in [0.1, 0.15) is 161 Å². The Morgan fingerprint density at radius 3 is 0.870 bits per heavy atom. The minimum Gasteiger partial charge on any atom is -0.390 e. The highest BCUT2D eigenvalue weighted by atomic mass is 16.5. The molecule has 4 heteroatoms. The van der Waals surface area contributed by atoms with E-state index in [9.17, 15) is 10.2 Å². The van der Waals surface area contributed by atoms with E-state index in [4.69, 9.17) is 9.47 Å². The summed E-state index contributed by atoms with van der Waals surface area (Å²) in [6.45, 7) is 42.7. The Balaban J connectivity index is 0. The summed E-state index contributed by atoms with van der Waals surface area (Å²) in [6, 6.07) is 9.14. The summed E-state index contributed by atoms with van der Waals surface area (Å²) in [7, 11) is 0. The summed E-state index contributed by atoms with van der Waals surface area (Å²) < 4.78 is 11.0. The van der Waals surface area contributed by atoms with E-state index in [2.05, 4.69) is 149 Å². The third-order valence-electron chi connectivity index (χ3n) is 6.94. The zero-order valence-corrected chi connectivity index (χ0v) is 34.2. The van der Waals surface area contributed by atoms with Crippen molar-refractivity contribution < 1.29 is 19.7 Å². The van der Waals surface area contributed by atoms with Gasteiger partial charge in [0.1, 0.15) is 0 Å². The van der Waals surface area contributed by atoms with Crippen LogP contribution < -0.4 is 0 Å². The largest absolute Gasteiger partial charge is 0.390 e. The maximum absolute atomic E-state index is 9.77. The Kier molecular flexibility index (Phi) is 21.1. The number of ether oxygens (including phenoxy) is 2. The third-order valence-corrected chi connectivity index (χ3v) is 6.94. The van der Waals surface area contributed by atoms with Crippen molar-refractivity contribution in [1.82, 2.24) is 0 Å². The number of benzene rings is 1. The average molecular weight is 651 g/mol. The summed E-state index contributed by atoms with van der Waals surface area (Å²) in [5, 5.41) is 19.5. The molecule has 1 aromatic carbocycles. The zero-order valence-electron chi connectivity index (χ0n) is 34.2. The first kappa shape index (κ1) is 47.2. The van der Waals surface area contributed by atoms with Gasteiger partial charge in [-0.15, -0.1) is 0 Å². The van der Waals surface area contributed by atoms with Crippen LogP contribution in [0.5, 0.6) is 0 Å². The van der Waals surface area contributed by atoms with Crippen LogP contribution in [0.25, 0.3) is 0 Å². The summed E-state index contributed by atoms with van der Waals surface area (Å²) in [4.78, 5) is 0. The van der Waals surface area contributed by atoms with Crippen LogP contribution in [0.4, 0.5) is 0 Å². The maximum atomic E-state index is 9.77. The number of hydrogen-bond acceptors (Lipinski definition) is 4. The van der Waals surface area contributed by atoms with E-state index >= 15 is 0 Å². The van der Waals surface area contributed by atoms with Gasteiger partial charge < -0.3 is 19.7 Å². The normalized spacial score (nSPS) is 14.5. The van der Waals surface area contributed by atoms with Crippen molar-refractivity contribution in [1.29, 1.82) is 0 Å². The molecule has 2 atom stereocenters. The fraction of sp³-hybridized carbons (Fsp3) is 0.857. The van der Waals surface area contributed by atoms with Gasteiger partial charge >= 0.3 is 0 Å². The number of aliphatic hydroxyl groups excluding tert-OH is 2. The standard InChI is InChI=1S/C16H26.C14H30O2.C12H26O2/c1-15(2,3)11-13-7-9-14(10-8-13)12-16(4,5)6;1-13(2,3)7-9-15-11-12-16-10-8-14(4,5)6;1-11(2,3)7-9(13)10(14)8-12(4,5)6/h7-10H,11-12H2,1-6H3;7-12H2,1-6H3;9-10,13-14H,7-8H2,1-6H3. The monoisotopic (exact) mass is 651 g/mol. The lowest BCUT2D eigenvalue weighted by Gasteiger charge is -2.29. The van der Waals surface area contributed by atoms with Gasteiger partial charge in [0.05, 0.1) is 25.4 Å². The smallest absolute Gasteiger partial charge is 0.0804 e. The molecular weight excluding hydrogens is 568 g/mol. The zero-order chi connectivity index (χ0) is 36.6. The first-order chi connectivity index (χ1) is 20.4. The summed E-state index contributed by atoms with van der Waals surface area (Å²) in [6.07, 6.45) is 4.60. The van der Waals surface area contributed by atoms with Crippen LogP contribution in [0.2, 0.25) is 0 Å². The van der Waals surface area contributed by atoms with Crippen molar-refractivity contribution in [2.75, 3.05) is 26.4 Å². The van der Waals surface area contributed by atoms with Crippen molar-refractivity contribution in [2.45, 2.75) is 175 Å². The van der Waals surface area contributed by atoms with Crippen molar-refractivity contribution in [3.63, 3.8) is 0 Å². The highest BCUT2D eigenvalue weighted by Crippen LogP contribution is 2.28. The van der Waals surface area contributed by atoms with Crippen molar-refractivity contribution in [3.05, 3.63) is 35.4 Å². The fourth-order valence-electron chi connectivity index (χ4n) is 4.61. The second-order valence-electron chi connectivity index (χ2n) is 20.8. The van der Waals surface area contributed by atoms with Crippen molar-refractivity contribution in [3.8, 4) is 0 Å². The van der Waals surface area contributed by atoms with Gasteiger partial charge in [-0.3, -0.25) is 0 Å². The highest BCUT2D eigenvalue weighted by molar-refractivity contribution is 5.24. The Hall–Kier alpha value is -0.940. The molecule has 0 bridgehead atoms. The second-order valence-corrected chi connectivity index (χ2v) is 20.8. The predicted octanol–water partition coefficient (Wildman–Crippen LogP) is 11.3. The van der Waals surface area contributed by atoms with Gasteiger partial charge in [-0.2, -0.15) is 0 Å². The molecule has 0 amide bonds. The van der Waals surface area contributed by atoms with E-state index in [0.717, 1.165) is 52.1 Å². The lowest BCUT2D eigenvalue weighted by Crippen LogP contribution is -2.33. The number of rotatable bonds is 12. The third kappa shape index (κ3) is 35.9. The molecule has 274 valence electrons. The lowest BCUT2D eigenvalue weighted by molar-refractivity contribution is -0.0230. The molecule has 2 N–H and O–H groups in total. The quantitative estimate of drug-likeness (QED) is 0.221. The molecule has 0 spiro atoms. The van der Waals surface area contributed by atoms with E-state index < -0.39 is 12.2 Å². The number of hydrogen-bond donors (Lipinski definition) is 2. The van der Waals surface area contributed by atoms with Crippen LogP contribution >= 0.6 is 0 Å². The Labute approximate surface area is 288 Å². The van der Waals surface area contributed by atoms with Crippen molar-refractivity contribution >= 4 is 0 Å². The van der Waals surface area contributed by atoms with Crippen LogP contribution in [0.3, 0.4) is 0 Å². The first-order valence-corrected chi connectivity index (χ1v) is 18.0. The fourth-order valence-corrected chi connectivity index (χ4v) is 4.61. The molecule has 0 aliphatic heterocycles. The first-order valence-electron chi connectivity index (χ1n) is 18.0. The molecule has 0 fully saturated rings. The van der Waals surface area contributed by atoms with Gasteiger partial charge in [-0.25, -0.2) is 0 Å². The van der Waals surface area contributed by atoms with Gasteiger partial charge in [0.2, 0.25) is 0 Å². The molecule has 0 saturated heterocycles. The molecule has 2 unspecified atom stereocenters. The molecule has 0 aliphatic carbocycles. The van der Waals surface area contributed by atoms with Crippen LogP contribution in [-0.4, -0.2) is 48.8 Å². The minimum atomic E-state index is -0.603.